The number of hydrogen-bond acceptors (Lipinski definition) is 5. The Kier molecular flexibility index (Phi) is 5.01. The largest absolute Gasteiger partial charge is 0.378 e. The molecule has 156 valence electrons. The van der Waals surface area contributed by atoms with E-state index in [-0.39, 0.29) is 23.9 Å². The second kappa shape index (κ2) is 7.41. The quantitative estimate of drug-likeness (QED) is 0.804. The fourth-order valence-corrected chi connectivity index (χ4v) is 6.85. The summed E-state index contributed by atoms with van der Waals surface area (Å²) in [7, 11) is 0. The van der Waals surface area contributed by atoms with Crippen molar-refractivity contribution in [3.8, 4) is 0 Å². The molecule has 5 nitrogen and oxygen atoms in total. The van der Waals surface area contributed by atoms with Gasteiger partial charge in [0.05, 0.1) is 34.5 Å². The number of carbonyl (C=O) groups is 1. The molecule has 5 fully saturated rings. The van der Waals surface area contributed by atoms with E-state index in [1.165, 1.54) is 54.5 Å². The number of hydrogen-bond donors (Lipinski definition) is 1. The summed E-state index contributed by atoms with van der Waals surface area (Å²) in [5.74, 6) is 0.786. The van der Waals surface area contributed by atoms with Gasteiger partial charge < -0.3 is 15.0 Å². The van der Waals surface area contributed by atoms with Crippen LogP contribution >= 0.6 is 23.7 Å². The first-order valence-corrected chi connectivity index (χ1v) is 11.5. The predicted molar refractivity (Wildman–Crippen MR) is 120 cm³/mol. The van der Waals surface area contributed by atoms with Gasteiger partial charge in [-0.1, -0.05) is 12.1 Å². The van der Waals surface area contributed by atoms with Crippen LogP contribution in [0.1, 0.15) is 35.4 Å². The van der Waals surface area contributed by atoms with Crippen molar-refractivity contribution in [2.75, 3.05) is 44.3 Å². The van der Waals surface area contributed by atoms with Crippen molar-refractivity contribution in [1.29, 1.82) is 0 Å². The summed E-state index contributed by atoms with van der Waals surface area (Å²) in [6.07, 6.45) is 4.98. The zero-order chi connectivity index (χ0) is 18.7. The van der Waals surface area contributed by atoms with Crippen molar-refractivity contribution in [2.45, 2.75) is 37.3 Å². The van der Waals surface area contributed by atoms with Crippen LogP contribution in [0.3, 0.4) is 0 Å². The molecule has 1 spiro atoms. The Morgan fingerprint density at radius 2 is 1.90 bits per heavy atom. The fourth-order valence-electron chi connectivity index (χ4n) is 5.75. The molecule has 2 aromatic rings. The molecule has 7 heteroatoms. The van der Waals surface area contributed by atoms with E-state index < -0.39 is 0 Å². The van der Waals surface area contributed by atoms with Gasteiger partial charge in [-0.15, -0.1) is 23.7 Å². The number of carbonyl (C=O) groups excluding carboxylic acids is 1. The summed E-state index contributed by atoms with van der Waals surface area (Å²) in [6, 6.07) is 8.84. The minimum Gasteiger partial charge on any atom is -0.378 e. The number of thiophene rings is 1. The molecule has 4 aliphatic heterocycles. The van der Waals surface area contributed by atoms with Gasteiger partial charge in [-0.25, -0.2) is 0 Å². The molecule has 1 atom stereocenters. The van der Waals surface area contributed by atoms with Crippen LogP contribution in [-0.2, 0) is 4.74 Å². The Balaban J connectivity index is 0.00000181. The monoisotopic (exact) mass is 433 g/mol. The highest BCUT2D eigenvalue weighted by atomic mass is 35.5. The lowest BCUT2D eigenvalue weighted by Gasteiger charge is -2.52. The highest BCUT2D eigenvalue weighted by Gasteiger charge is 2.60. The van der Waals surface area contributed by atoms with Crippen LogP contribution in [0.5, 0.6) is 0 Å². The standard InChI is InChI=1S/C22H27N3O2S.ClH/c26-21(23-20-15-4-8-25(9-5-15)22(20)6-7-22)18-14-16-2-1-3-17(19(16)28-18)24-10-12-27-13-11-24;/h1-3,14-15,20H,4-13H2,(H,23,26);1H/t20-;/m1./s1. The molecule has 7 rings (SSSR count). The number of rotatable bonds is 3. The molecule has 1 aliphatic carbocycles. The van der Waals surface area contributed by atoms with Gasteiger partial charge in [0.2, 0.25) is 0 Å². The number of nitrogens with one attached hydrogen (secondary N) is 1. The SMILES string of the molecule is Cl.O=C(N[C@@H]1C2CCN(CC2)C12CC2)c1cc2cccc(N3CCOCC3)c2s1. The summed E-state index contributed by atoms with van der Waals surface area (Å²) in [5.41, 5.74) is 1.53. The van der Waals surface area contributed by atoms with Gasteiger partial charge >= 0.3 is 0 Å². The zero-order valence-electron chi connectivity index (χ0n) is 16.6. The summed E-state index contributed by atoms with van der Waals surface area (Å²) in [4.78, 5) is 19.1. The summed E-state index contributed by atoms with van der Waals surface area (Å²) < 4.78 is 6.73. The molecule has 5 aliphatic rings. The van der Waals surface area contributed by atoms with E-state index >= 15 is 0 Å². The Labute approximate surface area is 181 Å². The first kappa shape index (κ1) is 19.6. The van der Waals surface area contributed by atoms with Gasteiger partial charge in [-0.2, -0.15) is 0 Å². The molecule has 1 amide bonds. The maximum Gasteiger partial charge on any atom is 0.261 e. The van der Waals surface area contributed by atoms with E-state index in [1.807, 2.05) is 0 Å². The molecule has 2 bridgehead atoms. The van der Waals surface area contributed by atoms with Crippen LogP contribution in [-0.4, -0.2) is 61.8 Å². The van der Waals surface area contributed by atoms with E-state index in [4.69, 9.17) is 4.74 Å². The van der Waals surface area contributed by atoms with E-state index in [0.29, 0.717) is 12.0 Å². The first-order valence-electron chi connectivity index (χ1n) is 10.7. The maximum absolute atomic E-state index is 13.2. The van der Waals surface area contributed by atoms with Crippen molar-refractivity contribution in [3.63, 3.8) is 0 Å². The number of ether oxygens (including phenoxy) is 1. The molecule has 29 heavy (non-hydrogen) atoms. The lowest BCUT2D eigenvalue weighted by molar-refractivity contribution is -0.00138. The Bertz CT molecular complexity index is 914. The number of morpholine rings is 1. The van der Waals surface area contributed by atoms with Crippen LogP contribution in [0, 0.1) is 5.92 Å². The second-order valence-corrected chi connectivity index (χ2v) is 9.84. The Morgan fingerprint density at radius 3 is 2.62 bits per heavy atom. The first-order chi connectivity index (χ1) is 13.7. The third kappa shape index (κ3) is 3.16. The third-order valence-corrected chi connectivity index (χ3v) is 8.54. The molecule has 1 N–H and O–H groups in total. The molecule has 1 aromatic carbocycles. The third-order valence-electron chi connectivity index (χ3n) is 7.37. The number of fused-ring (bicyclic) bond motifs is 3. The predicted octanol–water partition coefficient (Wildman–Crippen LogP) is 3.52. The lowest BCUT2D eigenvalue weighted by atomic mass is 9.77. The highest BCUT2D eigenvalue weighted by Crippen LogP contribution is 2.53. The van der Waals surface area contributed by atoms with Gasteiger partial charge in [-0.05, 0) is 62.2 Å². The average molecular weight is 434 g/mol. The minimum absolute atomic E-state index is 0. The van der Waals surface area contributed by atoms with E-state index in [0.717, 1.165) is 31.2 Å². The molecule has 5 heterocycles. The Hall–Kier alpha value is -1.34. The van der Waals surface area contributed by atoms with Crippen LogP contribution in [0.15, 0.2) is 24.3 Å². The number of halogens is 1. The van der Waals surface area contributed by atoms with Crippen LogP contribution in [0.2, 0.25) is 0 Å². The summed E-state index contributed by atoms with van der Waals surface area (Å²) in [5, 5.41) is 4.65. The number of benzene rings is 1. The molecule has 1 saturated carbocycles. The van der Waals surface area contributed by atoms with Gasteiger partial charge in [-0.3, -0.25) is 9.69 Å². The number of nitrogens with zero attached hydrogens (tertiary/aromatic N) is 2. The minimum atomic E-state index is 0. The second-order valence-electron chi connectivity index (χ2n) is 8.78. The molecule has 4 saturated heterocycles. The van der Waals surface area contributed by atoms with Crippen LogP contribution in [0.25, 0.3) is 10.1 Å². The molecule has 0 unspecified atom stereocenters. The van der Waals surface area contributed by atoms with Gasteiger partial charge in [0.25, 0.3) is 5.91 Å². The van der Waals surface area contributed by atoms with Gasteiger partial charge in [0.1, 0.15) is 0 Å². The topological polar surface area (TPSA) is 44.8 Å². The van der Waals surface area contributed by atoms with Crippen LogP contribution in [0.4, 0.5) is 5.69 Å². The van der Waals surface area contributed by atoms with Crippen molar-refractivity contribution in [1.82, 2.24) is 10.2 Å². The normalized spacial score (nSPS) is 29.7. The highest BCUT2D eigenvalue weighted by molar-refractivity contribution is 7.21. The molecular weight excluding hydrogens is 406 g/mol. The van der Waals surface area contributed by atoms with Crippen molar-refractivity contribution in [3.05, 3.63) is 29.1 Å². The molecule has 0 radical (unpaired) electrons. The zero-order valence-corrected chi connectivity index (χ0v) is 18.2. The Morgan fingerprint density at radius 1 is 1.14 bits per heavy atom. The molecule has 1 aromatic heterocycles. The van der Waals surface area contributed by atoms with Gasteiger partial charge in [0, 0.05) is 18.6 Å². The smallest absolute Gasteiger partial charge is 0.261 e. The average Bonchev–Trinajstić information content (AvgIpc) is 3.39. The van der Waals surface area contributed by atoms with E-state index in [2.05, 4.69) is 39.4 Å². The summed E-state index contributed by atoms with van der Waals surface area (Å²) in [6.45, 7) is 5.83. The van der Waals surface area contributed by atoms with Crippen LogP contribution < -0.4 is 10.2 Å². The van der Waals surface area contributed by atoms with Crippen molar-refractivity contribution >= 4 is 45.4 Å². The fraction of sp³-hybridized carbons (Fsp3) is 0.591. The molecular formula is C22H28ClN3O2S. The number of anilines is 1. The number of piperidine rings is 3. The van der Waals surface area contributed by atoms with E-state index in [9.17, 15) is 4.79 Å². The van der Waals surface area contributed by atoms with Gasteiger partial charge in [0.15, 0.2) is 0 Å². The van der Waals surface area contributed by atoms with Crippen molar-refractivity contribution < 1.29 is 9.53 Å². The maximum atomic E-state index is 13.2. The lowest BCUT2D eigenvalue weighted by Crippen LogP contribution is -2.65. The summed E-state index contributed by atoms with van der Waals surface area (Å²) >= 11 is 1.65. The van der Waals surface area contributed by atoms with Crippen molar-refractivity contribution in [2.24, 2.45) is 5.92 Å². The number of amides is 1. The van der Waals surface area contributed by atoms with E-state index in [1.54, 1.807) is 11.3 Å².